The third kappa shape index (κ3) is 3.40. The molecule has 0 aliphatic carbocycles. The van der Waals surface area contributed by atoms with Gasteiger partial charge in [0.1, 0.15) is 5.82 Å². The van der Waals surface area contributed by atoms with E-state index in [1.807, 2.05) is 0 Å². The number of hydrogen-bond acceptors (Lipinski definition) is 3. The number of hydrogen-bond donors (Lipinski definition) is 2. The van der Waals surface area contributed by atoms with Crippen LogP contribution in [0, 0.1) is 5.41 Å². The molecule has 1 aromatic heterocycles. The second-order valence-electron chi connectivity index (χ2n) is 4.91. The molecule has 0 amide bonds. The summed E-state index contributed by atoms with van der Waals surface area (Å²) < 4.78 is 0. The van der Waals surface area contributed by atoms with Crippen LogP contribution < -0.4 is 5.56 Å². The van der Waals surface area contributed by atoms with Gasteiger partial charge in [-0.3, -0.25) is 9.59 Å². The van der Waals surface area contributed by atoms with Crippen LogP contribution in [-0.2, 0) is 11.2 Å². The van der Waals surface area contributed by atoms with Crippen molar-refractivity contribution in [3.63, 3.8) is 0 Å². The van der Waals surface area contributed by atoms with E-state index in [0.29, 0.717) is 29.9 Å². The van der Waals surface area contributed by atoms with Crippen molar-refractivity contribution in [1.29, 1.82) is 0 Å². The first-order valence-electron chi connectivity index (χ1n) is 5.93. The first-order chi connectivity index (χ1) is 8.81. The monoisotopic (exact) mass is 262 g/mol. The number of aromatic amines is 1. The predicted octanol–water partition coefficient (Wildman–Crippen LogP) is 2.10. The van der Waals surface area contributed by atoms with Crippen molar-refractivity contribution in [2.45, 2.75) is 26.7 Å². The molecule has 2 N–H and O–H groups in total. The molecule has 0 saturated heterocycles. The number of aryl methyl sites for hydroxylation is 1. The van der Waals surface area contributed by atoms with Crippen LogP contribution in [0.15, 0.2) is 18.0 Å². The second kappa shape index (κ2) is 5.65. The minimum atomic E-state index is -0.874. The molecule has 1 rings (SSSR count). The van der Waals surface area contributed by atoms with Crippen LogP contribution in [0.4, 0.5) is 0 Å². The molecule has 1 heterocycles. The summed E-state index contributed by atoms with van der Waals surface area (Å²) >= 11 is 0. The van der Waals surface area contributed by atoms with Crippen molar-refractivity contribution < 1.29 is 9.90 Å². The van der Waals surface area contributed by atoms with E-state index < -0.39 is 11.4 Å². The summed E-state index contributed by atoms with van der Waals surface area (Å²) in [7, 11) is 0. The molecule has 0 atom stereocenters. The molecule has 0 saturated carbocycles. The molecule has 1 aromatic rings. The third-order valence-corrected chi connectivity index (χ3v) is 3.00. The fourth-order valence-electron chi connectivity index (χ4n) is 1.56. The molecule has 5 heteroatoms. The Balaban J connectivity index is 3.01. The number of nitrogens with one attached hydrogen (secondary N) is 1. The zero-order valence-electron chi connectivity index (χ0n) is 11.2. The van der Waals surface area contributed by atoms with Gasteiger partial charge in [-0.25, -0.2) is 4.98 Å². The maximum absolute atomic E-state index is 11.8. The number of carbonyl (C=O) groups is 1. The Morgan fingerprint density at radius 1 is 1.42 bits per heavy atom. The quantitative estimate of drug-likeness (QED) is 0.822. The Morgan fingerprint density at radius 3 is 2.53 bits per heavy atom. The molecule has 0 fully saturated rings. The second-order valence-corrected chi connectivity index (χ2v) is 4.91. The number of H-pyrrole nitrogens is 1. The third-order valence-electron chi connectivity index (χ3n) is 3.00. The number of rotatable bonds is 6. The molecule has 0 radical (unpaired) electrons. The highest BCUT2D eigenvalue weighted by atomic mass is 16.4. The molecule has 0 aromatic carbocycles. The zero-order chi connectivity index (χ0) is 14.6. The topological polar surface area (TPSA) is 83.0 Å². The molecule has 0 aliphatic rings. The van der Waals surface area contributed by atoms with Gasteiger partial charge in [-0.1, -0.05) is 19.2 Å². The van der Waals surface area contributed by atoms with Gasteiger partial charge in [-0.15, -0.1) is 0 Å². The van der Waals surface area contributed by atoms with Crippen LogP contribution in [0.5, 0.6) is 0 Å². The lowest BCUT2D eigenvalue weighted by molar-refractivity contribution is -0.147. The van der Waals surface area contributed by atoms with Crippen LogP contribution in [0.25, 0.3) is 12.2 Å². The maximum Gasteiger partial charge on any atom is 0.309 e. The molecule has 5 nitrogen and oxygen atoms in total. The Morgan fingerprint density at radius 2 is 2.05 bits per heavy atom. The lowest BCUT2D eigenvalue weighted by Gasteiger charge is -2.18. The summed E-state index contributed by atoms with van der Waals surface area (Å²) in [5, 5.41) is 9.04. The lowest BCUT2D eigenvalue weighted by atomic mass is 9.88. The SMILES string of the molecule is C=Cc1nc(CCC(C)(C)C(=O)O)[nH]c(=O)c1C=C. The van der Waals surface area contributed by atoms with E-state index in [2.05, 4.69) is 23.1 Å². The normalized spacial score (nSPS) is 11.1. The van der Waals surface area contributed by atoms with Gasteiger partial charge in [0.25, 0.3) is 5.56 Å². The number of nitrogens with zero attached hydrogens (tertiary/aromatic N) is 1. The minimum Gasteiger partial charge on any atom is -0.481 e. The van der Waals surface area contributed by atoms with E-state index in [-0.39, 0.29) is 5.56 Å². The van der Waals surface area contributed by atoms with Crippen LogP contribution in [0.3, 0.4) is 0 Å². The molecule has 0 bridgehead atoms. The standard InChI is InChI=1S/C14H18N2O3/c1-5-9-10(6-2)15-11(16-12(9)17)7-8-14(3,4)13(18)19/h5-6H,1-2,7-8H2,3-4H3,(H,18,19)(H,15,16,17). The Hall–Kier alpha value is -2.17. The highest BCUT2D eigenvalue weighted by Crippen LogP contribution is 2.22. The largest absolute Gasteiger partial charge is 0.481 e. The first kappa shape index (κ1) is 14.9. The number of carboxylic acids is 1. The van der Waals surface area contributed by atoms with Gasteiger partial charge in [-0.2, -0.15) is 0 Å². The Labute approximate surface area is 111 Å². The summed E-state index contributed by atoms with van der Waals surface area (Å²) in [5.74, 6) is -0.415. The summed E-state index contributed by atoms with van der Waals surface area (Å²) in [6.45, 7) is 10.4. The van der Waals surface area contributed by atoms with Gasteiger partial charge in [-0.05, 0) is 26.3 Å². The molecule has 102 valence electrons. The van der Waals surface area contributed by atoms with E-state index >= 15 is 0 Å². The van der Waals surface area contributed by atoms with Crippen molar-refractivity contribution in [3.05, 3.63) is 40.6 Å². The molecule has 0 spiro atoms. The van der Waals surface area contributed by atoms with Crippen molar-refractivity contribution in [1.82, 2.24) is 9.97 Å². The van der Waals surface area contributed by atoms with E-state index in [9.17, 15) is 9.59 Å². The average Bonchev–Trinajstić information content (AvgIpc) is 2.35. The van der Waals surface area contributed by atoms with Crippen molar-refractivity contribution in [2.24, 2.45) is 5.41 Å². The van der Waals surface area contributed by atoms with Crippen LogP contribution in [0.2, 0.25) is 0 Å². The zero-order valence-corrected chi connectivity index (χ0v) is 11.2. The Bertz CT molecular complexity index is 571. The fraction of sp³-hybridized carbons (Fsp3) is 0.357. The highest BCUT2D eigenvalue weighted by molar-refractivity contribution is 5.73. The smallest absolute Gasteiger partial charge is 0.309 e. The van der Waals surface area contributed by atoms with Gasteiger partial charge in [0.15, 0.2) is 0 Å². The van der Waals surface area contributed by atoms with Gasteiger partial charge >= 0.3 is 5.97 Å². The maximum atomic E-state index is 11.8. The van der Waals surface area contributed by atoms with Crippen molar-refractivity contribution in [3.8, 4) is 0 Å². The summed E-state index contributed by atoms with van der Waals surface area (Å²) in [4.78, 5) is 29.7. The van der Waals surface area contributed by atoms with Crippen molar-refractivity contribution in [2.75, 3.05) is 0 Å². The van der Waals surface area contributed by atoms with Crippen LogP contribution in [0.1, 0.15) is 37.4 Å². The number of carboxylic acid groups (broad SMARTS) is 1. The molecular formula is C14H18N2O3. The minimum absolute atomic E-state index is 0.289. The average molecular weight is 262 g/mol. The molecule has 0 aliphatic heterocycles. The van der Waals surface area contributed by atoms with Gasteiger partial charge in [0.2, 0.25) is 0 Å². The molecule has 0 unspecified atom stereocenters. The highest BCUT2D eigenvalue weighted by Gasteiger charge is 2.27. The lowest BCUT2D eigenvalue weighted by Crippen LogP contribution is -2.25. The van der Waals surface area contributed by atoms with E-state index in [1.54, 1.807) is 13.8 Å². The van der Waals surface area contributed by atoms with Crippen LogP contribution >= 0.6 is 0 Å². The summed E-state index contributed by atoms with van der Waals surface area (Å²) in [5.41, 5.74) is -0.314. The van der Waals surface area contributed by atoms with Gasteiger partial charge < -0.3 is 10.1 Å². The van der Waals surface area contributed by atoms with Gasteiger partial charge in [0, 0.05) is 6.42 Å². The van der Waals surface area contributed by atoms with Crippen molar-refractivity contribution >= 4 is 18.1 Å². The first-order valence-corrected chi connectivity index (χ1v) is 5.93. The van der Waals surface area contributed by atoms with Crippen LogP contribution in [-0.4, -0.2) is 21.0 Å². The van der Waals surface area contributed by atoms with E-state index in [1.165, 1.54) is 12.2 Å². The van der Waals surface area contributed by atoms with E-state index in [0.717, 1.165) is 0 Å². The fourth-order valence-corrected chi connectivity index (χ4v) is 1.56. The van der Waals surface area contributed by atoms with Gasteiger partial charge in [0.05, 0.1) is 16.7 Å². The predicted molar refractivity (Wildman–Crippen MR) is 74.8 cm³/mol. The van der Waals surface area contributed by atoms with E-state index in [4.69, 9.17) is 5.11 Å². The molecule has 19 heavy (non-hydrogen) atoms. The summed E-state index contributed by atoms with van der Waals surface area (Å²) in [6.07, 6.45) is 3.67. The molecular weight excluding hydrogens is 244 g/mol. The number of aromatic nitrogens is 2. The Kier molecular flexibility index (Phi) is 4.43. The summed E-state index contributed by atoms with van der Waals surface area (Å²) in [6, 6.07) is 0. The number of aliphatic carboxylic acids is 1.